The minimum absolute atomic E-state index is 0.785. The maximum absolute atomic E-state index is 4.58. The topological polar surface area (TPSA) is 55.6 Å². The quantitative estimate of drug-likeness (QED) is 0.878. The normalized spacial score (nSPS) is 10.8. The molecule has 0 saturated heterocycles. The highest BCUT2D eigenvalue weighted by molar-refractivity contribution is 5.67. The van der Waals surface area contributed by atoms with Gasteiger partial charge in [0, 0.05) is 30.4 Å². The highest BCUT2D eigenvalue weighted by atomic mass is 15.3. The first-order valence-electron chi connectivity index (χ1n) is 7.27. The Morgan fingerprint density at radius 3 is 2.65 bits per heavy atom. The van der Waals surface area contributed by atoms with Gasteiger partial charge in [-0.2, -0.15) is 5.10 Å². The van der Waals surface area contributed by atoms with Crippen LogP contribution >= 0.6 is 0 Å². The summed E-state index contributed by atoms with van der Waals surface area (Å²) in [6.07, 6.45) is 6.09. The summed E-state index contributed by atoms with van der Waals surface area (Å²) in [6, 6.07) is 0. The van der Waals surface area contributed by atoms with Crippen molar-refractivity contribution in [3.05, 3.63) is 23.8 Å². The Kier molecular flexibility index (Phi) is 4.71. The molecule has 2 aromatic heterocycles. The minimum atomic E-state index is 0.785. The van der Waals surface area contributed by atoms with Gasteiger partial charge < -0.3 is 5.32 Å². The van der Waals surface area contributed by atoms with Gasteiger partial charge in [-0.3, -0.25) is 4.68 Å². The van der Waals surface area contributed by atoms with Crippen LogP contribution in [-0.4, -0.2) is 26.3 Å². The van der Waals surface area contributed by atoms with Crippen LogP contribution in [0.3, 0.4) is 0 Å². The Labute approximate surface area is 120 Å². The SMILES string of the molecule is CCCNc1nc(C)nc(-c2cnn(CCC)c2)c1C. The van der Waals surface area contributed by atoms with Crippen molar-refractivity contribution in [1.82, 2.24) is 19.7 Å². The number of anilines is 1. The fourth-order valence-corrected chi connectivity index (χ4v) is 2.16. The van der Waals surface area contributed by atoms with Crippen LogP contribution in [0.2, 0.25) is 0 Å². The molecular formula is C15H23N5. The standard InChI is InChI=1S/C15H23N5/c1-5-7-16-15-11(3)14(18-12(4)19-15)13-9-17-20(10-13)8-6-2/h9-10H,5-8H2,1-4H3,(H,16,18,19). The van der Waals surface area contributed by atoms with Crippen LogP contribution in [0.15, 0.2) is 12.4 Å². The molecule has 5 heteroatoms. The van der Waals surface area contributed by atoms with Gasteiger partial charge in [0.25, 0.3) is 0 Å². The molecule has 0 aliphatic carbocycles. The van der Waals surface area contributed by atoms with E-state index in [1.54, 1.807) is 0 Å². The van der Waals surface area contributed by atoms with E-state index >= 15 is 0 Å². The van der Waals surface area contributed by atoms with Gasteiger partial charge in [-0.05, 0) is 26.7 Å². The van der Waals surface area contributed by atoms with Crippen LogP contribution in [0.1, 0.15) is 38.1 Å². The summed E-state index contributed by atoms with van der Waals surface area (Å²) in [5.41, 5.74) is 3.11. The van der Waals surface area contributed by atoms with Crippen molar-refractivity contribution in [1.29, 1.82) is 0 Å². The van der Waals surface area contributed by atoms with Gasteiger partial charge in [0.1, 0.15) is 11.6 Å². The van der Waals surface area contributed by atoms with Gasteiger partial charge in [0.05, 0.1) is 11.9 Å². The summed E-state index contributed by atoms with van der Waals surface area (Å²) in [6.45, 7) is 10.1. The molecule has 0 aliphatic heterocycles. The van der Waals surface area contributed by atoms with Gasteiger partial charge >= 0.3 is 0 Å². The van der Waals surface area contributed by atoms with E-state index in [2.05, 4.69) is 47.4 Å². The Morgan fingerprint density at radius 2 is 1.95 bits per heavy atom. The predicted octanol–water partition coefficient (Wildman–Crippen LogP) is 3.19. The van der Waals surface area contributed by atoms with Crippen LogP contribution in [0.25, 0.3) is 11.3 Å². The predicted molar refractivity (Wildman–Crippen MR) is 81.8 cm³/mol. The van der Waals surface area contributed by atoms with Crippen molar-refractivity contribution in [3.63, 3.8) is 0 Å². The number of hydrogen-bond acceptors (Lipinski definition) is 4. The Balaban J connectivity index is 2.36. The highest BCUT2D eigenvalue weighted by Gasteiger charge is 2.12. The van der Waals surface area contributed by atoms with Crippen LogP contribution in [0.5, 0.6) is 0 Å². The first-order chi connectivity index (χ1) is 9.65. The summed E-state index contributed by atoms with van der Waals surface area (Å²) in [7, 11) is 0. The monoisotopic (exact) mass is 273 g/mol. The summed E-state index contributed by atoms with van der Waals surface area (Å²) >= 11 is 0. The second-order valence-corrected chi connectivity index (χ2v) is 5.01. The highest BCUT2D eigenvalue weighted by Crippen LogP contribution is 2.25. The van der Waals surface area contributed by atoms with E-state index < -0.39 is 0 Å². The molecule has 5 nitrogen and oxygen atoms in total. The van der Waals surface area contributed by atoms with Crippen molar-refractivity contribution in [3.8, 4) is 11.3 Å². The smallest absolute Gasteiger partial charge is 0.133 e. The summed E-state index contributed by atoms with van der Waals surface area (Å²) < 4.78 is 1.96. The fourth-order valence-electron chi connectivity index (χ4n) is 2.16. The Morgan fingerprint density at radius 1 is 1.15 bits per heavy atom. The van der Waals surface area contributed by atoms with E-state index in [1.807, 2.05) is 17.8 Å². The third-order valence-corrected chi connectivity index (χ3v) is 3.16. The number of nitrogens with one attached hydrogen (secondary N) is 1. The van der Waals surface area contributed by atoms with E-state index in [1.165, 1.54) is 0 Å². The third kappa shape index (κ3) is 3.15. The fraction of sp³-hybridized carbons (Fsp3) is 0.533. The summed E-state index contributed by atoms with van der Waals surface area (Å²) in [5.74, 6) is 1.71. The largest absolute Gasteiger partial charge is 0.370 e. The molecule has 2 rings (SSSR count). The molecule has 1 N–H and O–H groups in total. The zero-order valence-electron chi connectivity index (χ0n) is 12.8. The van der Waals surface area contributed by atoms with Gasteiger partial charge in [-0.25, -0.2) is 9.97 Å². The molecule has 0 spiro atoms. The molecule has 20 heavy (non-hydrogen) atoms. The van der Waals surface area contributed by atoms with Crippen molar-refractivity contribution in [2.75, 3.05) is 11.9 Å². The van der Waals surface area contributed by atoms with Gasteiger partial charge in [0.15, 0.2) is 0 Å². The summed E-state index contributed by atoms with van der Waals surface area (Å²) in [5, 5.41) is 7.75. The molecule has 0 atom stereocenters. The molecule has 0 aliphatic rings. The average Bonchev–Trinajstić information content (AvgIpc) is 2.88. The molecule has 0 bridgehead atoms. The molecule has 2 aromatic rings. The lowest BCUT2D eigenvalue weighted by Crippen LogP contribution is -2.07. The maximum Gasteiger partial charge on any atom is 0.133 e. The van der Waals surface area contributed by atoms with E-state index in [0.29, 0.717) is 0 Å². The second kappa shape index (κ2) is 6.50. The molecule has 0 unspecified atom stereocenters. The van der Waals surface area contributed by atoms with Crippen molar-refractivity contribution < 1.29 is 0 Å². The van der Waals surface area contributed by atoms with Crippen LogP contribution < -0.4 is 5.32 Å². The first-order valence-corrected chi connectivity index (χ1v) is 7.27. The summed E-state index contributed by atoms with van der Waals surface area (Å²) in [4.78, 5) is 9.07. The molecule has 108 valence electrons. The molecular weight excluding hydrogens is 250 g/mol. The minimum Gasteiger partial charge on any atom is -0.370 e. The zero-order valence-corrected chi connectivity index (χ0v) is 12.8. The van der Waals surface area contributed by atoms with Crippen LogP contribution in [0.4, 0.5) is 5.82 Å². The first kappa shape index (κ1) is 14.5. The molecule has 0 aromatic carbocycles. The average molecular weight is 273 g/mol. The number of rotatable bonds is 6. The van der Waals surface area contributed by atoms with E-state index in [9.17, 15) is 0 Å². The van der Waals surface area contributed by atoms with Gasteiger partial charge in [0.2, 0.25) is 0 Å². The van der Waals surface area contributed by atoms with E-state index in [0.717, 1.165) is 54.4 Å². The van der Waals surface area contributed by atoms with Crippen molar-refractivity contribution >= 4 is 5.82 Å². The number of aryl methyl sites for hydroxylation is 2. The molecule has 0 fully saturated rings. The number of nitrogens with zero attached hydrogens (tertiary/aromatic N) is 4. The van der Waals surface area contributed by atoms with E-state index in [4.69, 9.17) is 0 Å². The lowest BCUT2D eigenvalue weighted by molar-refractivity contribution is 0.603. The van der Waals surface area contributed by atoms with E-state index in [-0.39, 0.29) is 0 Å². The lowest BCUT2D eigenvalue weighted by Gasteiger charge is -2.11. The molecule has 0 amide bonds. The molecule has 0 radical (unpaired) electrons. The van der Waals surface area contributed by atoms with Crippen molar-refractivity contribution in [2.45, 2.75) is 47.1 Å². The third-order valence-electron chi connectivity index (χ3n) is 3.16. The van der Waals surface area contributed by atoms with Crippen LogP contribution in [0, 0.1) is 13.8 Å². The number of aromatic nitrogens is 4. The molecule has 0 saturated carbocycles. The van der Waals surface area contributed by atoms with Crippen molar-refractivity contribution in [2.24, 2.45) is 0 Å². The second-order valence-electron chi connectivity index (χ2n) is 5.01. The zero-order chi connectivity index (χ0) is 14.5. The van der Waals surface area contributed by atoms with Gasteiger partial charge in [-0.1, -0.05) is 13.8 Å². The van der Waals surface area contributed by atoms with Gasteiger partial charge in [-0.15, -0.1) is 0 Å². The Hall–Kier alpha value is -1.91. The number of hydrogen-bond donors (Lipinski definition) is 1. The Bertz CT molecular complexity index is 574. The maximum atomic E-state index is 4.58. The van der Waals surface area contributed by atoms with Crippen LogP contribution in [-0.2, 0) is 6.54 Å². The lowest BCUT2D eigenvalue weighted by atomic mass is 10.1. The molecule has 2 heterocycles.